The minimum Gasteiger partial charge on any atom is -0.343 e. The summed E-state index contributed by atoms with van der Waals surface area (Å²) in [7, 11) is 0. The van der Waals surface area contributed by atoms with Crippen LogP contribution in [0, 0.1) is 6.92 Å². The maximum absolute atomic E-state index is 13.4. The van der Waals surface area contributed by atoms with E-state index in [0.29, 0.717) is 22.2 Å². The van der Waals surface area contributed by atoms with E-state index in [1.165, 1.54) is 17.0 Å². The maximum atomic E-state index is 13.4. The summed E-state index contributed by atoms with van der Waals surface area (Å²) in [6.45, 7) is 2.01. The second-order valence-corrected chi connectivity index (χ2v) is 8.27. The first-order chi connectivity index (χ1) is 17.1. The van der Waals surface area contributed by atoms with Crippen LogP contribution in [0.4, 0.5) is 13.2 Å². The molecule has 10 nitrogen and oxygen atoms in total. The fourth-order valence-electron chi connectivity index (χ4n) is 3.99. The van der Waals surface area contributed by atoms with Crippen LogP contribution in [-0.2, 0) is 11.3 Å². The summed E-state index contributed by atoms with van der Waals surface area (Å²) in [6.07, 6.45) is 3.43. The number of aromatic amines is 1. The average molecular weight is 496 g/mol. The first-order valence-corrected chi connectivity index (χ1v) is 10.8. The average Bonchev–Trinajstić information content (AvgIpc) is 3.42. The molecule has 2 N–H and O–H groups in total. The Kier molecular flexibility index (Phi) is 5.54. The Morgan fingerprint density at radius 3 is 2.61 bits per heavy atom. The van der Waals surface area contributed by atoms with Gasteiger partial charge in [-0.1, -0.05) is 12.1 Å². The largest absolute Gasteiger partial charge is 0.408 e. The monoisotopic (exact) mass is 496 g/mol. The van der Waals surface area contributed by atoms with Crippen molar-refractivity contribution in [1.82, 2.24) is 39.6 Å². The molecule has 1 aromatic carbocycles. The molecule has 0 fully saturated rings. The number of benzene rings is 1. The predicted octanol–water partition coefficient (Wildman–Crippen LogP) is 2.90. The van der Waals surface area contributed by atoms with Gasteiger partial charge in [-0.15, -0.1) is 0 Å². The zero-order chi connectivity index (χ0) is 25.6. The van der Waals surface area contributed by atoms with Crippen molar-refractivity contribution in [3.8, 4) is 17.1 Å². The smallest absolute Gasteiger partial charge is 0.343 e. The number of nitrogens with zero attached hydrogens (tertiary/aromatic N) is 6. The van der Waals surface area contributed by atoms with Crippen LogP contribution in [0.1, 0.15) is 12.5 Å². The highest BCUT2D eigenvalue weighted by atomic mass is 19.4. The Hall–Kier alpha value is -4.55. The van der Waals surface area contributed by atoms with Gasteiger partial charge in [0.15, 0.2) is 0 Å². The summed E-state index contributed by atoms with van der Waals surface area (Å²) in [5.74, 6) is -0.891. The summed E-state index contributed by atoms with van der Waals surface area (Å²) in [6, 6.07) is 3.02. The summed E-state index contributed by atoms with van der Waals surface area (Å²) >= 11 is 0. The number of aryl methyl sites for hydroxylation is 1. The van der Waals surface area contributed by atoms with Crippen LogP contribution in [0.2, 0.25) is 0 Å². The summed E-state index contributed by atoms with van der Waals surface area (Å²) in [5, 5.41) is 9.57. The quantitative estimate of drug-likeness (QED) is 0.386. The SMILES string of the molecule is Cc1cccc2c1n(-c1ncc(-c3cncc4[nH]ncc34)cn1)c(=O)n2CC(=O)N[C@@H](C)C(F)(F)F. The molecule has 1 amide bonds. The van der Waals surface area contributed by atoms with Crippen molar-refractivity contribution < 1.29 is 18.0 Å². The maximum Gasteiger partial charge on any atom is 0.408 e. The molecule has 184 valence electrons. The molecule has 0 saturated carbocycles. The van der Waals surface area contributed by atoms with Gasteiger partial charge in [-0.3, -0.25) is 19.4 Å². The lowest BCUT2D eigenvalue weighted by molar-refractivity contribution is -0.158. The number of aromatic nitrogens is 7. The van der Waals surface area contributed by atoms with Crippen LogP contribution in [0.25, 0.3) is 39.0 Å². The molecule has 0 aliphatic rings. The Bertz CT molecular complexity index is 1650. The summed E-state index contributed by atoms with van der Waals surface area (Å²) in [4.78, 5) is 38.7. The van der Waals surface area contributed by atoms with Crippen molar-refractivity contribution in [1.29, 1.82) is 0 Å². The molecular formula is C23H19F3N8O2. The van der Waals surface area contributed by atoms with E-state index in [4.69, 9.17) is 0 Å². The molecule has 13 heteroatoms. The highest BCUT2D eigenvalue weighted by Crippen LogP contribution is 2.26. The van der Waals surface area contributed by atoms with Crippen LogP contribution < -0.4 is 11.0 Å². The Labute approximate surface area is 200 Å². The topological polar surface area (TPSA) is 123 Å². The number of imidazole rings is 1. The number of pyridine rings is 1. The third-order valence-electron chi connectivity index (χ3n) is 5.84. The van der Waals surface area contributed by atoms with Gasteiger partial charge in [0.2, 0.25) is 11.9 Å². The lowest BCUT2D eigenvalue weighted by Crippen LogP contribution is -2.45. The van der Waals surface area contributed by atoms with E-state index < -0.39 is 30.4 Å². The number of alkyl halides is 3. The number of hydrogen-bond acceptors (Lipinski definition) is 6. The molecule has 4 aromatic heterocycles. The first kappa shape index (κ1) is 23.2. The second kappa shape index (κ2) is 8.59. The lowest BCUT2D eigenvalue weighted by atomic mass is 10.1. The van der Waals surface area contributed by atoms with Crippen molar-refractivity contribution in [2.75, 3.05) is 0 Å². The Balaban J connectivity index is 1.55. The van der Waals surface area contributed by atoms with Gasteiger partial charge >= 0.3 is 11.9 Å². The van der Waals surface area contributed by atoms with Crippen LogP contribution in [0.3, 0.4) is 0 Å². The molecule has 5 aromatic rings. The Morgan fingerprint density at radius 1 is 1.14 bits per heavy atom. The molecule has 0 bridgehead atoms. The molecule has 0 aliphatic carbocycles. The molecule has 0 spiro atoms. The molecule has 0 unspecified atom stereocenters. The minimum atomic E-state index is -4.60. The first-order valence-electron chi connectivity index (χ1n) is 10.8. The molecule has 0 saturated heterocycles. The van der Waals surface area contributed by atoms with Crippen molar-refractivity contribution in [2.24, 2.45) is 0 Å². The normalized spacial score (nSPS) is 12.8. The van der Waals surface area contributed by atoms with Gasteiger partial charge < -0.3 is 5.32 Å². The fraction of sp³-hybridized carbons (Fsp3) is 0.217. The molecule has 5 rings (SSSR count). The molecule has 36 heavy (non-hydrogen) atoms. The van der Waals surface area contributed by atoms with E-state index in [9.17, 15) is 22.8 Å². The van der Waals surface area contributed by atoms with E-state index in [-0.39, 0.29) is 5.95 Å². The standard InChI is InChI=1S/C23H19F3N8O2/c1-12-4-3-5-18-20(12)34(22(36)33(18)11-19(35)31-13(2)23(24,25)26)21-28-6-14(7-29-21)15-8-27-10-17-16(15)9-30-32-17/h3-10,13H,11H2,1-2H3,(H,30,32)(H,31,35)/t13-/m0/s1. The number of H-pyrrole nitrogens is 1. The number of carbonyl (C=O) groups is 1. The number of amides is 1. The van der Waals surface area contributed by atoms with E-state index in [1.807, 2.05) is 5.32 Å². The zero-order valence-electron chi connectivity index (χ0n) is 19.0. The van der Waals surface area contributed by atoms with Gasteiger partial charge in [0, 0.05) is 35.1 Å². The van der Waals surface area contributed by atoms with Gasteiger partial charge in [-0.2, -0.15) is 18.3 Å². The number of rotatable bonds is 5. The third-order valence-corrected chi connectivity index (χ3v) is 5.84. The van der Waals surface area contributed by atoms with E-state index in [1.54, 1.807) is 43.7 Å². The molecular weight excluding hydrogens is 477 g/mol. The highest BCUT2D eigenvalue weighted by molar-refractivity contribution is 5.93. The summed E-state index contributed by atoms with van der Waals surface area (Å²) < 4.78 is 41.0. The number of fused-ring (bicyclic) bond motifs is 2. The van der Waals surface area contributed by atoms with E-state index >= 15 is 0 Å². The number of halogens is 3. The van der Waals surface area contributed by atoms with Crippen LogP contribution >= 0.6 is 0 Å². The van der Waals surface area contributed by atoms with Crippen molar-refractivity contribution in [3.05, 3.63) is 65.2 Å². The van der Waals surface area contributed by atoms with Gasteiger partial charge in [0.25, 0.3) is 0 Å². The second-order valence-electron chi connectivity index (χ2n) is 8.27. The lowest BCUT2D eigenvalue weighted by Gasteiger charge is -2.17. The number of hydrogen-bond donors (Lipinski definition) is 2. The van der Waals surface area contributed by atoms with Crippen LogP contribution in [0.15, 0.2) is 54.0 Å². The fourth-order valence-corrected chi connectivity index (χ4v) is 3.99. The van der Waals surface area contributed by atoms with Crippen molar-refractivity contribution in [3.63, 3.8) is 0 Å². The molecule has 0 radical (unpaired) electrons. The van der Waals surface area contributed by atoms with Crippen molar-refractivity contribution in [2.45, 2.75) is 32.6 Å². The van der Waals surface area contributed by atoms with E-state index in [0.717, 1.165) is 28.0 Å². The zero-order valence-corrected chi connectivity index (χ0v) is 19.0. The van der Waals surface area contributed by atoms with Crippen molar-refractivity contribution >= 4 is 27.8 Å². The van der Waals surface area contributed by atoms with Gasteiger partial charge in [-0.25, -0.2) is 19.3 Å². The molecule has 1 atom stereocenters. The predicted molar refractivity (Wildman–Crippen MR) is 124 cm³/mol. The van der Waals surface area contributed by atoms with Crippen LogP contribution in [-0.4, -0.2) is 52.4 Å². The minimum absolute atomic E-state index is 0.0539. The molecule has 0 aliphatic heterocycles. The summed E-state index contributed by atoms with van der Waals surface area (Å²) in [5.41, 5.74) is 3.00. The van der Waals surface area contributed by atoms with Gasteiger partial charge in [0.1, 0.15) is 12.6 Å². The van der Waals surface area contributed by atoms with E-state index in [2.05, 4.69) is 25.1 Å². The van der Waals surface area contributed by atoms with Gasteiger partial charge in [-0.05, 0) is 25.5 Å². The third kappa shape index (κ3) is 3.97. The number of carbonyl (C=O) groups excluding carboxylic acids is 1. The number of para-hydroxylation sites is 1. The van der Waals surface area contributed by atoms with Crippen LogP contribution in [0.5, 0.6) is 0 Å². The number of nitrogens with one attached hydrogen (secondary N) is 2. The highest BCUT2D eigenvalue weighted by Gasteiger charge is 2.37. The van der Waals surface area contributed by atoms with Gasteiger partial charge in [0.05, 0.1) is 28.9 Å². The molecule has 4 heterocycles. The Morgan fingerprint density at radius 2 is 1.89 bits per heavy atom.